The van der Waals surface area contributed by atoms with Crippen molar-refractivity contribution in [1.82, 2.24) is 15.0 Å². The number of nitrogens with zero attached hydrogens (tertiary/aromatic N) is 3. The predicted molar refractivity (Wildman–Crippen MR) is 109 cm³/mol. The van der Waals surface area contributed by atoms with Gasteiger partial charge < -0.3 is 14.3 Å². The first-order chi connectivity index (χ1) is 13.8. The largest absolute Gasteiger partial charge is 0.351 e. The Hall–Kier alpha value is -2.14. The van der Waals surface area contributed by atoms with Crippen molar-refractivity contribution < 1.29 is 9.32 Å². The van der Waals surface area contributed by atoms with E-state index in [2.05, 4.69) is 40.4 Å². The Morgan fingerprint density at radius 2 is 1.79 bits per heavy atom. The number of carbonyl (C=O) groups excluding carboxylic acids is 1. The van der Waals surface area contributed by atoms with Gasteiger partial charge in [-0.2, -0.15) is 0 Å². The number of amides is 1. The van der Waals surface area contributed by atoms with Gasteiger partial charge in [0.05, 0.1) is 5.69 Å². The number of likely N-dealkylation sites (tertiary alicyclic amines) is 2. The van der Waals surface area contributed by atoms with Crippen LogP contribution in [0.2, 0.25) is 0 Å². The van der Waals surface area contributed by atoms with Crippen molar-refractivity contribution in [3.63, 3.8) is 0 Å². The van der Waals surface area contributed by atoms with E-state index in [0.29, 0.717) is 11.7 Å². The minimum absolute atomic E-state index is 0.0109. The predicted octanol–water partition coefficient (Wildman–Crippen LogP) is 4.11. The first kappa shape index (κ1) is 19.2. The summed E-state index contributed by atoms with van der Waals surface area (Å²) in [6.07, 6.45) is 7.93. The molecule has 2 aliphatic heterocycles. The van der Waals surface area contributed by atoms with Crippen molar-refractivity contribution in [2.45, 2.75) is 50.9 Å². The third kappa shape index (κ3) is 4.82. The molecule has 150 valence electrons. The molecule has 0 spiro atoms. The first-order valence-electron chi connectivity index (χ1n) is 10.8. The zero-order chi connectivity index (χ0) is 19.2. The summed E-state index contributed by atoms with van der Waals surface area (Å²) in [4.78, 5) is 17.0. The summed E-state index contributed by atoms with van der Waals surface area (Å²) in [5, 5.41) is 4.24. The number of rotatable bonds is 6. The smallest absolute Gasteiger partial charge is 0.292 e. The summed E-state index contributed by atoms with van der Waals surface area (Å²) in [6.45, 7) is 5.04. The molecule has 0 N–H and O–H groups in total. The maximum atomic E-state index is 12.6. The zero-order valence-electron chi connectivity index (χ0n) is 16.7. The van der Waals surface area contributed by atoms with E-state index in [0.717, 1.165) is 70.5 Å². The molecule has 0 radical (unpaired) electrons. The first-order valence-corrected chi connectivity index (χ1v) is 10.8. The summed E-state index contributed by atoms with van der Waals surface area (Å²) in [5.74, 6) is 0.844. The lowest BCUT2D eigenvalue weighted by atomic mass is 9.93. The molecule has 5 nitrogen and oxygen atoms in total. The highest BCUT2D eigenvalue weighted by Gasteiger charge is 2.26. The van der Waals surface area contributed by atoms with Crippen LogP contribution >= 0.6 is 0 Å². The third-order valence-corrected chi connectivity index (χ3v) is 6.17. The Balaban J connectivity index is 1.23. The van der Waals surface area contributed by atoms with Gasteiger partial charge in [-0.25, -0.2) is 0 Å². The van der Waals surface area contributed by atoms with Gasteiger partial charge in [0.25, 0.3) is 5.91 Å². The van der Waals surface area contributed by atoms with E-state index >= 15 is 0 Å². The maximum absolute atomic E-state index is 12.6. The standard InChI is InChI=1S/C23H31N3O2/c27-23(26-14-5-2-6-15-26)22-18-21(24-28-22)20-11-16-25(17-12-20)13-7-10-19-8-3-1-4-9-19/h1,3-4,8-9,18,20H,2,5-7,10-17H2. The van der Waals surface area contributed by atoms with Crippen molar-refractivity contribution in [2.75, 3.05) is 32.7 Å². The number of aromatic nitrogens is 1. The van der Waals surface area contributed by atoms with Crippen molar-refractivity contribution in [1.29, 1.82) is 0 Å². The van der Waals surface area contributed by atoms with Crippen LogP contribution in [-0.2, 0) is 6.42 Å². The topological polar surface area (TPSA) is 49.6 Å². The van der Waals surface area contributed by atoms with Crippen LogP contribution in [0.25, 0.3) is 0 Å². The molecule has 0 unspecified atom stereocenters. The van der Waals surface area contributed by atoms with Gasteiger partial charge in [0, 0.05) is 25.1 Å². The fraction of sp³-hybridized carbons (Fsp3) is 0.565. The van der Waals surface area contributed by atoms with Crippen molar-refractivity contribution in [3.8, 4) is 0 Å². The Morgan fingerprint density at radius 3 is 2.54 bits per heavy atom. The van der Waals surface area contributed by atoms with Crippen LogP contribution < -0.4 is 0 Å². The van der Waals surface area contributed by atoms with Gasteiger partial charge in [-0.15, -0.1) is 0 Å². The third-order valence-electron chi connectivity index (χ3n) is 6.17. The fourth-order valence-electron chi connectivity index (χ4n) is 4.44. The molecule has 0 aliphatic carbocycles. The molecule has 3 heterocycles. The number of benzene rings is 1. The highest BCUT2D eigenvalue weighted by molar-refractivity contribution is 5.91. The number of hydrogen-bond donors (Lipinski definition) is 0. The summed E-state index contributed by atoms with van der Waals surface area (Å²) < 4.78 is 5.42. The Bertz CT molecular complexity index is 744. The average Bonchev–Trinajstić information content (AvgIpc) is 3.25. The van der Waals surface area contributed by atoms with Crippen molar-refractivity contribution in [3.05, 3.63) is 53.4 Å². The number of aryl methyl sites for hydroxylation is 1. The van der Waals surface area contributed by atoms with Crippen LogP contribution in [0.5, 0.6) is 0 Å². The van der Waals surface area contributed by atoms with Crippen LogP contribution in [0.1, 0.15) is 66.3 Å². The molecule has 1 aromatic carbocycles. The number of piperidine rings is 2. The molecule has 1 aromatic heterocycles. The average molecular weight is 382 g/mol. The normalized spacial score (nSPS) is 19.1. The van der Waals surface area contributed by atoms with Crippen LogP contribution in [0.15, 0.2) is 40.9 Å². The Labute approximate surface area is 167 Å². The van der Waals surface area contributed by atoms with Gasteiger partial charge in [-0.05, 0) is 70.1 Å². The summed E-state index contributed by atoms with van der Waals surface area (Å²) >= 11 is 0. The minimum Gasteiger partial charge on any atom is -0.351 e. The van der Waals surface area contributed by atoms with Gasteiger partial charge in [-0.3, -0.25) is 4.79 Å². The van der Waals surface area contributed by atoms with Gasteiger partial charge in [0.2, 0.25) is 5.76 Å². The number of carbonyl (C=O) groups is 1. The van der Waals surface area contributed by atoms with E-state index in [-0.39, 0.29) is 5.91 Å². The molecule has 0 saturated carbocycles. The molecular weight excluding hydrogens is 350 g/mol. The van der Waals surface area contributed by atoms with Crippen LogP contribution in [-0.4, -0.2) is 53.6 Å². The van der Waals surface area contributed by atoms with E-state index in [9.17, 15) is 4.79 Å². The fourth-order valence-corrected chi connectivity index (χ4v) is 4.44. The molecule has 0 atom stereocenters. The van der Waals surface area contributed by atoms with E-state index in [1.165, 1.54) is 18.4 Å². The van der Waals surface area contributed by atoms with E-state index < -0.39 is 0 Å². The Morgan fingerprint density at radius 1 is 1.04 bits per heavy atom. The maximum Gasteiger partial charge on any atom is 0.292 e. The highest BCUT2D eigenvalue weighted by Crippen LogP contribution is 2.28. The second-order valence-electron chi connectivity index (χ2n) is 8.17. The molecule has 28 heavy (non-hydrogen) atoms. The molecular formula is C23H31N3O2. The molecule has 4 rings (SSSR count). The molecule has 2 fully saturated rings. The molecule has 2 aliphatic rings. The zero-order valence-corrected chi connectivity index (χ0v) is 16.7. The van der Waals surface area contributed by atoms with E-state index in [1.54, 1.807) is 0 Å². The Kier molecular flexibility index (Phi) is 6.42. The van der Waals surface area contributed by atoms with Gasteiger partial charge in [0.15, 0.2) is 0 Å². The monoisotopic (exact) mass is 381 g/mol. The SMILES string of the molecule is O=C(c1cc(C2CCN(CCCc3ccccc3)CC2)no1)N1CCCCC1. The van der Waals surface area contributed by atoms with Crippen molar-refractivity contribution in [2.24, 2.45) is 0 Å². The highest BCUT2D eigenvalue weighted by atomic mass is 16.5. The second-order valence-corrected chi connectivity index (χ2v) is 8.17. The quantitative estimate of drug-likeness (QED) is 0.755. The number of hydrogen-bond acceptors (Lipinski definition) is 4. The molecule has 5 heteroatoms. The second kappa shape index (κ2) is 9.37. The van der Waals surface area contributed by atoms with Gasteiger partial charge in [0.1, 0.15) is 0 Å². The molecule has 0 bridgehead atoms. The van der Waals surface area contributed by atoms with Crippen LogP contribution in [0, 0.1) is 0 Å². The minimum atomic E-state index is 0.0109. The lowest BCUT2D eigenvalue weighted by Crippen LogP contribution is -2.35. The van der Waals surface area contributed by atoms with Crippen LogP contribution in [0.4, 0.5) is 0 Å². The van der Waals surface area contributed by atoms with E-state index in [4.69, 9.17) is 4.52 Å². The molecule has 2 aromatic rings. The lowest BCUT2D eigenvalue weighted by Gasteiger charge is -2.31. The molecule has 1 amide bonds. The molecule has 2 saturated heterocycles. The summed E-state index contributed by atoms with van der Waals surface area (Å²) in [7, 11) is 0. The summed E-state index contributed by atoms with van der Waals surface area (Å²) in [6, 6.07) is 12.6. The van der Waals surface area contributed by atoms with Crippen LogP contribution in [0.3, 0.4) is 0 Å². The summed E-state index contributed by atoms with van der Waals surface area (Å²) in [5.41, 5.74) is 2.38. The van der Waals surface area contributed by atoms with Crippen molar-refractivity contribution >= 4 is 5.91 Å². The lowest BCUT2D eigenvalue weighted by molar-refractivity contribution is 0.0682. The van der Waals surface area contributed by atoms with Gasteiger partial charge in [-0.1, -0.05) is 35.5 Å². The van der Waals surface area contributed by atoms with Gasteiger partial charge >= 0.3 is 0 Å². The van der Waals surface area contributed by atoms with E-state index in [1.807, 2.05) is 11.0 Å².